The van der Waals surface area contributed by atoms with E-state index >= 15 is 0 Å². The molecule has 0 radical (unpaired) electrons. The highest BCUT2D eigenvalue weighted by atomic mass is 32.2. The first kappa shape index (κ1) is 15.0. The summed E-state index contributed by atoms with van der Waals surface area (Å²) in [7, 11) is -3.24. The smallest absolute Gasteiger partial charge is 0.180 e. The summed E-state index contributed by atoms with van der Waals surface area (Å²) in [5.74, 6) is 0.0755. The molecule has 2 N–H and O–H groups in total. The maximum atomic E-state index is 12.0. The molecule has 1 aromatic carbocycles. The number of para-hydroxylation sites is 1. The molecule has 0 aliphatic carbocycles. The van der Waals surface area contributed by atoms with E-state index in [1.165, 1.54) is 0 Å². The van der Waals surface area contributed by atoms with Crippen molar-refractivity contribution in [2.24, 2.45) is 0 Å². The van der Waals surface area contributed by atoms with Gasteiger partial charge in [-0.05, 0) is 32.4 Å². The molecule has 0 atom stereocenters. The van der Waals surface area contributed by atoms with Crippen molar-refractivity contribution in [3.63, 3.8) is 0 Å². The van der Waals surface area contributed by atoms with E-state index < -0.39 is 9.84 Å². The Hall–Kier alpha value is -1.07. The molecule has 0 aromatic heterocycles. The van der Waals surface area contributed by atoms with Gasteiger partial charge in [0.25, 0.3) is 0 Å². The fourth-order valence-corrected chi connectivity index (χ4v) is 2.75. The molecule has 0 heterocycles. The largest absolute Gasteiger partial charge is 0.396 e. The van der Waals surface area contributed by atoms with Crippen LogP contribution in [0.2, 0.25) is 0 Å². The van der Waals surface area contributed by atoms with Crippen LogP contribution in [-0.4, -0.2) is 31.4 Å². The van der Waals surface area contributed by atoms with Gasteiger partial charge in [0.1, 0.15) is 0 Å². The third kappa shape index (κ3) is 3.71. The lowest BCUT2D eigenvalue weighted by atomic mass is 10.0. The van der Waals surface area contributed by atoms with Crippen LogP contribution in [0.3, 0.4) is 0 Å². The van der Waals surface area contributed by atoms with Gasteiger partial charge in [-0.15, -0.1) is 0 Å². The number of sulfone groups is 1. The molecular weight excluding hydrogens is 250 g/mol. The summed E-state index contributed by atoms with van der Waals surface area (Å²) in [4.78, 5) is 0.318. The van der Waals surface area contributed by atoms with Crippen LogP contribution < -0.4 is 5.32 Å². The average molecular weight is 271 g/mol. The van der Waals surface area contributed by atoms with Gasteiger partial charge in [0, 0.05) is 12.1 Å². The summed E-state index contributed by atoms with van der Waals surface area (Å²) in [6.07, 6.45) is 0.549. The second-order valence-electron chi connectivity index (χ2n) is 4.88. The Balaban J connectivity index is 3.11. The zero-order valence-corrected chi connectivity index (χ0v) is 11.9. The molecule has 102 valence electrons. The highest BCUT2D eigenvalue weighted by Gasteiger charge is 2.22. The fraction of sp³-hybridized carbons (Fsp3) is 0.538. The number of nitrogens with one attached hydrogen (secondary N) is 1. The summed E-state index contributed by atoms with van der Waals surface area (Å²) < 4.78 is 24.0. The molecule has 18 heavy (non-hydrogen) atoms. The summed E-state index contributed by atoms with van der Waals surface area (Å²) in [5, 5.41) is 12.2. The predicted molar refractivity (Wildman–Crippen MR) is 73.6 cm³/mol. The zero-order chi connectivity index (χ0) is 13.8. The zero-order valence-electron chi connectivity index (χ0n) is 11.1. The second kappa shape index (κ2) is 5.71. The molecule has 0 spiro atoms. The molecule has 0 fully saturated rings. The highest BCUT2D eigenvalue weighted by Crippen LogP contribution is 2.26. The number of hydrogen-bond acceptors (Lipinski definition) is 4. The van der Waals surface area contributed by atoms with Gasteiger partial charge < -0.3 is 10.4 Å². The van der Waals surface area contributed by atoms with Gasteiger partial charge in [-0.25, -0.2) is 8.42 Å². The fourth-order valence-electron chi connectivity index (χ4n) is 1.70. The van der Waals surface area contributed by atoms with Crippen LogP contribution in [0, 0.1) is 0 Å². The molecule has 0 saturated carbocycles. The minimum absolute atomic E-state index is 0.0582. The van der Waals surface area contributed by atoms with Gasteiger partial charge >= 0.3 is 0 Å². The topological polar surface area (TPSA) is 66.4 Å². The number of rotatable bonds is 6. The van der Waals surface area contributed by atoms with Crippen molar-refractivity contribution >= 4 is 15.5 Å². The molecule has 1 aromatic rings. The second-order valence-corrected chi connectivity index (χ2v) is 7.13. The Morgan fingerprint density at radius 1 is 1.28 bits per heavy atom. The minimum Gasteiger partial charge on any atom is -0.396 e. The SMILES string of the molecule is CCS(=O)(=O)c1ccccc1NC(C)(C)CCO. The standard InChI is InChI=1S/C13H21NO3S/c1-4-18(16,17)12-8-6-5-7-11(12)14-13(2,3)9-10-15/h5-8,14-15H,4,9-10H2,1-3H3. The van der Waals surface area contributed by atoms with E-state index in [0.29, 0.717) is 17.0 Å². The number of anilines is 1. The van der Waals surface area contributed by atoms with Crippen LogP contribution in [0.5, 0.6) is 0 Å². The molecule has 0 aliphatic rings. The van der Waals surface area contributed by atoms with Crippen LogP contribution in [-0.2, 0) is 9.84 Å². The highest BCUT2D eigenvalue weighted by molar-refractivity contribution is 7.91. The van der Waals surface area contributed by atoms with Crippen molar-refractivity contribution in [1.82, 2.24) is 0 Å². The van der Waals surface area contributed by atoms with Crippen molar-refractivity contribution in [1.29, 1.82) is 0 Å². The van der Waals surface area contributed by atoms with Crippen LogP contribution in [0.4, 0.5) is 5.69 Å². The average Bonchev–Trinajstić information content (AvgIpc) is 2.28. The van der Waals surface area contributed by atoms with E-state index in [9.17, 15) is 8.42 Å². The molecule has 5 heteroatoms. The van der Waals surface area contributed by atoms with Gasteiger partial charge in [-0.1, -0.05) is 19.1 Å². The maximum Gasteiger partial charge on any atom is 0.180 e. The van der Waals surface area contributed by atoms with Gasteiger partial charge in [0.15, 0.2) is 9.84 Å². The first-order valence-electron chi connectivity index (χ1n) is 6.03. The Morgan fingerprint density at radius 2 is 1.89 bits per heavy atom. The molecular formula is C13H21NO3S. The quantitative estimate of drug-likeness (QED) is 0.831. The number of hydrogen-bond donors (Lipinski definition) is 2. The van der Waals surface area contributed by atoms with E-state index in [0.717, 1.165) is 0 Å². The number of aliphatic hydroxyl groups is 1. The molecule has 4 nitrogen and oxygen atoms in total. The van der Waals surface area contributed by atoms with Gasteiger partial charge in [0.2, 0.25) is 0 Å². The Kier molecular flexibility index (Phi) is 4.76. The summed E-state index contributed by atoms with van der Waals surface area (Å²) >= 11 is 0. The van der Waals surface area contributed by atoms with Crippen molar-refractivity contribution in [2.45, 2.75) is 37.6 Å². The van der Waals surface area contributed by atoms with E-state index in [2.05, 4.69) is 5.32 Å². The third-order valence-corrected chi connectivity index (χ3v) is 4.60. The van der Waals surface area contributed by atoms with Crippen molar-refractivity contribution in [2.75, 3.05) is 17.7 Å². The molecule has 0 bridgehead atoms. The van der Waals surface area contributed by atoms with Crippen LogP contribution in [0.1, 0.15) is 27.2 Å². The molecule has 0 aliphatic heterocycles. The Bertz CT molecular complexity index is 495. The van der Waals surface area contributed by atoms with Gasteiger partial charge in [0.05, 0.1) is 16.3 Å². The summed E-state index contributed by atoms with van der Waals surface area (Å²) in [5.41, 5.74) is 0.242. The van der Waals surface area contributed by atoms with E-state index in [4.69, 9.17) is 5.11 Å². The number of aliphatic hydroxyl groups excluding tert-OH is 1. The first-order chi connectivity index (χ1) is 8.32. The first-order valence-corrected chi connectivity index (χ1v) is 7.68. The summed E-state index contributed by atoms with van der Waals surface area (Å²) in [6.45, 7) is 5.55. The molecule has 0 saturated heterocycles. The lowest BCUT2D eigenvalue weighted by molar-refractivity contribution is 0.260. The van der Waals surface area contributed by atoms with E-state index in [1.54, 1.807) is 31.2 Å². The Morgan fingerprint density at radius 3 is 2.44 bits per heavy atom. The predicted octanol–water partition coefficient (Wildman–Crippen LogP) is 2.05. The Labute approximate surface area is 109 Å². The van der Waals surface area contributed by atoms with Crippen molar-refractivity contribution in [3.8, 4) is 0 Å². The van der Waals surface area contributed by atoms with Gasteiger partial charge in [-0.3, -0.25) is 0 Å². The van der Waals surface area contributed by atoms with Crippen molar-refractivity contribution in [3.05, 3.63) is 24.3 Å². The number of benzene rings is 1. The maximum absolute atomic E-state index is 12.0. The van der Waals surface area contributed by atoms with E-state index in [-0.39, 0.29) is 17.9 Å². The van der Waals surface area contributed by atoms with Crippen molar-refractivity contribution < 1.29 is 13.5 Å². The van der Waals surface area contributed by atoms with Gasteiger partial charge in [-0.2, -0.15) is 0 Å². The normalized spacial score (nSPS) is 12.4. The van der Waals surface area contributed by atoms with Crippen LogP contribution >= 0.6 is 0 Å². The van der Waals surface area contributed by atoms with Crippen LogP contribution in [0.25, 0.3) is 0 Å². The lowest BCUT2D eigenvalue weighted by Crippen LogP contribution is -2.32. The minimum atomic E-state index is -3.24. The molecule has 0 amide bonds. The van der Waals surface area contributed by atoms with Crippen LogP contribution in [0.15, 0.2) is 29.2 Å². The molecule has 0 unspecified atom stereocenters. The third-order valence-electron chi connectivity index (χ3n) is 2.81. The lowest BCUT2D eigenvalue weighted by Gasteiger charge is -2.28. The monoisotopic (exact) mass is 271 g/mol. The molecule has 1 rings (SSSR count). The summed E-state index contributed by atoms with van der Waals surface area (Å²) in [6, 6.07) is 6.87. The van der Waals surface area contributed by atoms with E-state index in [1.807, 2.05) is 13.8 Å².